The summed E-state index contributed by atoms with van der Waals surface area (Å²) in [4.78, 5) is 28.7. The number of benzene rings is 1. The molecule has 0 saturated carbocycles. The number of carbonyl (C=O) groups excluding carboxylic acids is 2. The number of aromatic hydroxyl groups is 1. The molecule has 1 aromatic carbocycles. The van der Waals surface area contributed by atoms with Gasteiger partial charge in [-0.3, -0.25) is 9.59 Å². The highest BCUT2D eigenvalue weighted by atomic mass is 16.3. The van der Waals surface area contributed by atoms with Gasteiger partial charge in [0.2, 0.25) is 5.91 Å². The first-order valence-corrected chi connectivity index (χ1v) is 10.6. The number of likely N-dealkylation sites (tertiary alicyclic amines) is 1. The Morgan fingerprint density at radius 1 is 1.21 bits per heavy atom. The summed E-state index contributed by atoms with van der Waals surface area (Å²) in [6, 6.07) is 6.96. The van der Waals surface area contributed by atoms with Crippen molar-refractivity contribution >= 4 is 11.7 Å². The first kappa shape index (κ1) is 19.7. The molecule has 2 aliphatic heterocycles. The minimum Gasteiger partial charge on any atom is -0.508 e. The number of nitrogens with one attached hydrogen (secondary N) is 1. The number of rotatable bonds is 2. The van der Waals surface area contributed by atoms with Crippen molar-refractivity contribution in [3.05, 3.63) is 53.4 Å². The fraction of sp³-hybridized carbons (Fsp3) is 0.500. The highest BCUT2D eigenvalue weighted by molar-refractivity contribution is 6.01. The van der Waals surface area contributed by atoms with Crippen LogP contribution in [0.4, 0.5) is 0 Å². The number of hydrogen-bond acceptors (Lipinski definition) is 4. The second-order valence-corrected chi connectivity index (χ2v) is 9.42. The van der Waals surface area contributed by atoms with Crippen molar-refractivity contribution in [1.82, 2.24) is 10.2 Å². The maximum absolute atomic E-state index is 13.6. The van der Waals surface area contributed by atoms with Crippen molar-refractivity contribution in [2.45, 2.75) is 51.9 Å². The van der Waals surface area contributed by atoms with Gasteiger partial charge in [0.25, 0.3) is 0 Å². The van der Waals surface area contributed by atoms with E-state index >= 15 is 0 Å². The van der Waals surface area contributed by atoms with E-state index in [-0.39, 0.29) is 22.9 Å². The van der Waals surface area contributed by atoms with Crippen LogP contribution in [-0.4, -0.2) is 34.8 Å². The lowest BCUT2D eigenvalue weighted by molar-refractivity contribution is -0.136. The first-order chi connectivity index (χ1) is 13.8. The predicted octanol–water partition coefficient (Wildman–Crippen LogP) is 3.86. The summed E-state index contributed by atoms with van der Waals surface area (Å²) in [6.07, 6.45) is 4.37. The van der Waals surface area contributed by atoms with Gasteiger partial charge >= 0.3 is 0 Å². The number of hydrogen-bond donors (Lipinski definition) is 2. The van der Waals surface area contributed by atoms with E-state index in [0.717, 1.165) is 50.0 Å². The van der Waals surface area contributed by atoms with Crippen LogP contribution in [0.2, 0.25) is 0 Å². The van der Waals surface area contributed by atoms with Crippen molar-refractivity contribution in [2.24, 2.45) is 11.3 Å². The summed E-state index contributed by atoms with van der Waals surface area (Å²) in [5, 5.41) is 13.4. The van der Waals surface area contributed by atoms with E-state index in [4.69, 9.17) is 0 Å². The third kappa shape index (κ3) is 3.70. The lowest BCUT2D eigenvalue weighted by Gasteiger charge is -2.44. The molecule has 1 aliphatic carbocycles. The van der Waals surface area contributed by atoms with E-state index < -0.39 is 11.8 Å². The zero-order chi connectivity index (χ0) is 20.8. The smallest absolute Gasteiger partial charge is 0.232 e. The van der Waals surface area contributed by atoms with Crippen LogP contribution in [0.5, 0.6) is 5.75 Å². The average Bonchev–Trinajstić information content (AvgIpc) is 2.66. The number of piperidine rings is 1. The van der Waals surface area contributed by atoms with Gasteiger partial charge in [0, 0.05) is 42.4 Å². The molecule has 0 radical (unpaired) electrons. The molecule has 1 saturated heterocycles. The van der Waals surface area contributed by atoms with Crippen LogP contribution in [0.25, 0.3) is 0 Å². The van der Waals surface area contributed by atoms with Gasteiger partial charge in [0.1, 0.15) is 5.75 Å². The largest absolute Gasteiger partial charge is 0.508 e. The Morgan fingerprint density at radius 3 is 2.62 bits per heavy atom. The minimum absolute atomic E-state index is 0.0275. The Labute approximate surface area is 172 Å². The third-order valence-electron chi connectivity index (χ3n) is 6.41. The molecule has 0 aromatic heterocycles. The maximum atomic E-state index is 13.6. The molecule has 2 N–H and O–H groups in total. The van der Waals surface area contributed by atoms with Crippen LogP contribution in [-0.2, 0) is 9.59 Å². The van der Waals surface area contributed by atoms with Gasteiger partial charge in [-0.25, -0.2) is 0 Å². The number of phenols is 1. The molecule has 29 heavy (non-hydrogen) atoms. The van der Waals surface area contributed by atoms with Gasteiger partial charge in [-0.2, -0.15) is 0 Å². The molecular formula is C24H30N2O3. The highest BCUT2D eigenvalue weighted by Gasteiger charge is 2.47. The summed E-state index contributed by atoms with van der Waals surface area (Å²) in [7, 11) is 0. The normalized spacial score (nSPS) is 26.8. The van der Waals surface area contributed by atoms with Crippen LogP contribution < -0.4 is 5.32 Å². The number of allylic oxidation sites excluding steroid dienone is 2. The van der Waals surface area contributed by atoms with Gasteiger partial charge in [0.05, 0.1) is 5.92 Å². The van der Waals surface area contributed by atoms with Crippen LogP contribution in [0.1, 0.15) is 57.4 Å². The van der Waals surface area contributed by atoms with E-state index in [0.29, 0.717) is 17.7 Å². The van der Waals surface area contributed by atoms with Gasteiger partial charge in [0.15, 0.2) is 5.78 Å². The lowest BCUT2D eigenvalue weighted by Crippen LogP contribution is -2.48. The Morgan fingerprint density at radius 2 is 1.93 bits per heavy atom. The zero-order valence-electron chi connectivity index (χ0n) is 17.3. The average molecular weight is 395 g/mol. The van der Waals surface area contributed by atoms with Gasteiger partial charge in [-0.05, 0) is 48.8 Å². The Kier molecular flexibility index (Phi) is 5.01. The maximum Gasteiger partial charge on any atom is 0.232 e. The topological polar surface area (TPSA) is 69.6 Å². The van der Waals surface area contributed by atoms with Gasteiger partial charge in [-0.15, -0.1) is 0 Å². The third-order valence-corrected chi connectivity index (χ3v) is 6.41. The summed E-state index contributed by atoms with van der Waals surface area (Å²) < 4.78 is 0. The summed E-state index contributed by atoms with van der Waals surface area (Å²) in [6.45, 7) is 9.89. The number of Topliss-reactive ketones (excluding diaryl/α,β-unsaturated/α-hetero) is 1. The number of carbonyl (C=O) groups is 2. The molecule has 3 aliphatic rings. The molecule has 5 heteroatoms. The highest BCUT2D eigenvalue weighted by Crippen LogP contribution is 2.48. The second kappa shape index (κ2) is 7.36. The number of phenolic OH excluding ortho intramolecular Hbond substituents is 1. The van der Waals surface area contributed by atoms with E-state index in [1.807, 2.05) is 11.0 Å². The molecule has 1 amide bonds. The molecule has 0 spiro atoms. The van der Waals surface area contributed by atoms with E-state index in [9.17, 15) is 14.7 Å². The first-order valence-electron chi connectivity index (χ1n) is 10.6. The Bertz CT molecular complexity index is 893. The molecule has 2 atom stereocenters. The van der Waals surface area contributed by atoms with Crippen molar-refractivity contribution in [3.8, 4) is 5.75 Å². The van der Waals surface area contributed by atoms with Crippen LogP contribution >= 0.6 is 0 Å². The summed E-state index contributed by atoms with van der Waals surface area (Å²) >= 11 is 0. The van der Waals surface area contributed by atoms with E-state index in [1.54, 1.807) is 18.2 Å². The zero-order valence-corrected chi connectivity index (χ0v) is 17.3. The molecule has 2 heterocycles. The fourth-order valence-electron chi connectivity index (χ4n) is 5.13. The van der Waals surface area contributed by atoms with Crippen molar-refractivity contribution in [1.29, 1.82) is 0 Å². The minimum atomic E-state index is -0.543. The molecular weight excluding hydrogens is 364 g/mol. The van der Waals surface area contributed by atoms with Crippen molar-refractivity contribution in [2.75, 3.05) is 13.1 Å². The summed E-state index contributed by atoms with van der Waals surface area (Å²) in [5.41, 5.74) is 2.89. The molecule has 5 nitrogen and oxygen atoms in total. The SMILES string of the molecule is C=C1NC2=C(C(=O)CC(C)(C)C2)C(c2cccc(O)c2)C1C(=O)N1CCCCC1. The van der Waals surface area contributed by atoms with Gasteiger partial charge < -0.3 is 15.3 Å². The molecule has 2 unspecified atom stereocenters. The summed E-state index contributed by atoms with van der Waals surface area (Å²) in [5.74, 6) is -0.704. The Hall–Kier alpha value is -2.56. The standard InChI is InChI=1S/C24H30N2O3/c1-15-20(23(29)26-10-5-4-6-11-26)21(16-8-7-9-17(27)12-16)22-18(25-15)13-24(2,3)14-19(22)28/h7-9,12,20-21,25,27H,1,4-6,10-11,13-14H2,2-3H3. The predicted molar refractivity (Wildman–Crippen MR) is 112 cm³/mol. The molecule has 154 valence electrons. The number of amides is 1. The molecule has 1 aromatic rings. The number of ketones is 1. The quantitative estimate of drug-likeness (QED) is 0.799. The second-order valence-electron chi connectivity index (χ2n) is 9.42. The van der Waals surface area contributed by atoms with E-state index in [1.165, 1.54) is 0 Å². The van der Waals surface area contributed by atoms with Crippen LogP contribution in [0.15, 0.2) is 47.8 Å². The van der Waals surface area contributed by atoms with Crippen LogP contribution in [0.3, 0.4) is 0 Å². The Balaban J connectivity index is 1.82. The molecule has 4 rings (SSSR count). The monoisotopic (exact) mass is 394 g/mol. The molecule has 1 fully saturated rings. The van der Waals surface area contributed by atoms with Crippen LogP contribution in [0, 0.1) is 11.3 Å². The fourth-order valence-corrected chi connectivity index (χ4v) is 5.13. The van der Waals surface area contributed by atoms with Crippen molar-refractivity contribution in [3.63, 3.8) is 0 Å². The van der Waals surface area contributed by atoms with Gasteiger partial charge in [-0.1, -0.05) is 32.6 Å². The number of nitrogens with zero attached hydrogens (tertiary/aromatic N) is 1. The van der Waals surface area contributed by atoms with Crippen molar-refractivity contribution < 1.29 is 14.7 Å². The molecule has 0 bridgehead atoms. The lowest BCUT2D eigenvalue weighted by atomic mass is 9.66. The van der Waals surface area contributed by atoms with E-state index in [2.05, 4.69) is 25.7 Å².